The number of hydrogen-bond donors (Lipinski definition) is 0. The third-order valence-corrected chi connectivity index (χ3v) is 5.23. The first kappa shape index (κ1) is 16.8. The lowest BCUT2D eigenvalue weighted by Crippen LogP contribution is -2.38. The molecule has 2 aliphatic heterocycles. The zero-order chi connectivity index (χ0) is 17.9. The largest absolute Gasteiger partial charge is 0.337 e. The number of fused-ring (bicyclic) bond motifs is 1. The van der Waals surface area contributed by atoms with Crippen molar-refractivity contribution in [1.29, 1.82) is 0 Å². The predicted molar refractivity (Wildman–Crippen MR) is 97.5 cm³/mol. The fraction of sp³-hybridized carbons (Fsp3) is 0.450. The van der Waals surface area contributed by atoms with Crippen LogP contribution in [0.15, 0.2) is 36.4 Å². The van der Waals surface area contributed by atoms with Crippen LogP contribution < -0.4 is 0 Å². The van der Waals surface area contributed by atoms with Crippen molar-refractivity contribution < 1.29 is 9.59 Å². The van der Waals surface area contributed by atoms with Crippen LogP contribution in [-0.2, 0) is 24.3 Å². The molecule has 2 aromatic rings. The summed E-state index contributed by atoms with van der Waals surface area (Å²) in [6.45, 7) is 3.49. The number of aryl methyl sites for hydroxylation is 1. The molecule has 0 unspecified atom stereocenters. The monoisotopic (exact) mass is 352 g/mol. The minimum Gasteiger partial charge on any atom is -0.337 e. The number of likely N-dealkylation sites (tertiary alicyclic amines) is 1. The number of hydrogen-bond acceptors (Lipinski definition) is 3. The number of benzene rings is 1. The van der Waals surface area contributed by atoms with E-state index in [1.165, 1.54) is 5.56 Å². The number of nitrogens with zero attached hydrogens (tertiary/aromatic N) is 4. The standard InChI is InChI=1S/C20H24N4O2/c25-19(9-8-16-6-2-1-3-7-16)23-12-13-24-17(15-23)14-18(21-24)20(26)22-10-4-5-11-22/h1-3,6-7,14H,4-5,8-13,15H2. The quantitative estimate of drug-likeness (QED) is 0.847. The van der Waals surface area contributed by atoms with Crippen LogP contribution in [0.2, 0.25) is 0 Å². The molecule has 0 aliphatic carbocycles. The summed E-state index contributed by atoms with van der Waals surface area (Å²) >= 11 is 0. The number of carbonyl (C=O) groups is 2. The SMILES string of the molecule is O=C(CCc1ccccc1)N1CCn2nc(C(=O)N3CCCC3)cc2C1. The Balaban J connectivity index is 1.38. The van der Waals surface area contributed by atoms with Gasteiger partial charge in [0.1, 0.15) is 0 Å². The van der Waals surface area contributed by atoms with Crippen molar-refractivity contribution in [3.63, 3.8) is 0 Å². The van der Waals surface area contributed by atoms with Crippen LogP contribution in [0.4, 0.5) is 0 Å². The van der Waals surface area contributed by atoms with Gasteiger partial charge in [-0.2, -0.15) is 5.10 Å². The molecule has 0 bridgehead atoms. The zero-order valence-corrected chi connectivity index (χ0v) is 14.9. The van der Waals surface area contributed by atoms with E-state index in [1.807, 2.05) is 38.7 Å². The van der Waals surface area contributed by atoms with Crippen LogP contribution in [0.5, 0.6) is 0 Å². The van der Waals surface area contributed by atoms with Crippen molar-refractivity contribution in [3.8, 4) is 0 Å². The summed E-state index contributed by atoms with van der Waals surface area (Å²) in [4.78, 5) is 28.8. The molecule has 1 aromatic heterocycles. The lowest BCUT2D eigenvalue weighted by molar-refractivity contribution is -0.132. The molecule has 0 radical (unpaired) electrons. The highest BCUT2D eigenvalue weighted by molar-refractivity contribution is 5.92. The van der Waals surface area contributed by atoms with E-state index >= 15 is 0 Å². The Hall–Kier alpha value is -2.63. The average Bonchev–Trinajstić information content (AvgIpc) is 3.35. The first-order valence-corrected chi connectivity index (χ1v) is 9.38. The first-order valence-electron chi connectivity index (χ1n) is 9.38. The Bertz CT molecular complexity index is 793. The summed E-state index contributed by atoms with van der Waals surface area (Å²) in [5.74, 6) is 0.181. The molecule has 0 atom stereocenters. The van der Waals surface area contributed by atoms with Gasteiger partial charge in [0.25, 0.3) is 5.91 Å². The molecular formula is C20H24N4O2. The van der Waals surface area contributed by atoms with Crippen LogP contribution >= 0.6 is 0 Å². The minimum atomic E-state index is 0.0198. The molecule has 136 valence electrons. The molecule has 2 amide bonds. The smallest absolute Gasteiger partial charge is 0.274 e. The number of aromatic nitrogens is 2. The van der Waals surface area contributed by atoms with Crippen molar-refractivity contribution in [2.24, 2.45) is 0 Å². The first-order chi connectivity index (χ1) is 12.7. The second-order valence-electron chi connectivity index (χ2n) is 7.04. The van der Waals surface area contributed by atoms with E-state index < -0.39 is 0 Å². The average molecular weight is 352 g/mol. The minimum absolute atomic E-state index is 0.0198. The second kappa shape index (κ2) is 7.32. The van der Waals surface area contributed by atoms with Crippen molar-refractivity contribution >= 4 is 11.8 Å². The van der Waals surface area contributed by atoms with E-state index in [-0.39, 0.29) is 11.8 Å². The molecule has 0 spiro atoms. The maximum Gasteiger partial charge on any atom is 0.274 e. The van der Waals surface area contributed by atoms with Gasteiger partial charge in [-0.1, -0.05) is 30.3 Å². The highest BCUT2D eigenvalue weighted by Gasteiger charge is 2.26. The van der Waals surface area contributed by atoms with Gasteiger partial charge >= 0.3 is 0 Å². The Morgan fingerprint density at radius 1 is 0.962 bits per heavy atom. The van der Waals surface area contributed by atoms with E-state index in [9.17, 15) is 9.59 Å². The summed E-state index contributed by atoms with van der Waals surface area (Å²) in [6, 6.07) is 11.9. The molecule has 1 saturated heterocycles. The number of amides is 2. The third kappa shape index (κ3) is 3.49. The summed E-state index contributed by atoms with van der Waals surface area (Å²) < 4.78 is 1.88. The van der Waals surface area contributed by atoms with Crippen LogP contribution in [0, 0.1) is 0 Å². The summed E-state index contributed by atoms with van der Waals surface area (Å²) in [5, 5.41) is 4.47. The fourth-order valence-electron chi connectivity index (χ4n) is 3.72. The van der Waals surface area contributed by atoms with E-state index in [0.29, 0.717) is 31.7 Å². The maximum atomic E-state index is 12.6. The van der Waals surface area contributed by atoms with Crippen LogP contribution in [0.25, 0.3) is 0 Å². The van der Waals surface area contributed by atoms with Gasteiger partial charge in [-0.25, -0.2) is 0 Å². The van der Waals surface area contributed by atoms with Crippen molar-refractivity contribution in [2.75, 3.05) is 19.6 Å². The second-order valence-corrected chi connectivity index (χ2v) is 7.04. The molecule has 1 fully saturated rings. The van der Waals surface area contributed by atoms with E-state index in [2.05, 4.69) is 17.2 Å². The van der Waals surface area contributed by atoms with E-state index in [0.717, 1.165) is 38.0 Å². The Morgan fingerprint density at radius 3 is 2.50 bits per heavy atom. The highest BCUT2D eigenvalue weighted by atomic mass is 16.2. The van der Waals surface area contributed by atoms with Gasteiger partial charge in [0.15, 0.2) is 5.69 Å². The fourth-order valence-corrected chi connectivity index (χ4v) is 3.72. The predicted octanol–water partition coefficient (Wildman–Crippen LogP) is 2.09. The van der Waals surface area contributed by atoms with Crippen LogP contribution in [0.1, 0.15) is 41.0 Å². The molecular weight excluding hydrogens is 328 g/mol. The molecule has 2 aliphatic rings. The van der Waals surface area contributed by atoms with Crippen LogP contribution in [0.3, 0.4) is 0 Å². The number of carbonyl (C=O) groups excluding carboxylic acids is 2. The highest BCUT2D eigenvalue weighted by Crippen LogP contribution is 2.18. The molecule has 4 rings (SSSR count). The molecule has 0 saturated carbocycles. The lowest BCUT2D eigenvalue weighted by Gasteiger charge is -2.27. The van der Waals surface area contributed by atoms with Gasteiger partial charge in [-0.15, -0.1) is 0 Å². The Labute approximate surface area is 153 Å². The van der Waals surface area contributed by atoms with Crippen LogP contribution in [-0.4, -0.2) is 51.0 Å². The van der Waals surface area contributed by atoms with E-state index in [1.54, 1.807) is 0 Å². The maximum absolute atomic E-state index is 12.6. The summed E-state index contributed by atoms with van der Waals surface area (Å²) in [6.07, 6.45) is 3.41. The van der Waals surface area contributed by atoms with Crippen molar-refractivity contribution in [2.45, 2.75) is 38.8 Å². The molecule has 6 nitrogen and oxygen atoms in total. The Kier molecular flexibility index (Phi) is 4.73. The number of rotatable bonds is 4. The van der Waals surface area contributed by atoms with Gasteiger partial charge in [0, 0.05) is 26.1 Å². The van der Waals surface area contributed by atoms with Gasteiger partial charge in [-0.05, 0) is 30.9 Å². The topological polar surface area (TPSA) is 58.4 Å². The molecule has 6 heteroatoms. The van der Waals surface area contributed by atoms with Gasteiger partial charge in [0.2, 0.25) is 5.91 Å². The third-order valence-electron chi connectivity index (χ3n) is 5.23. The summed E-state index contributed by atoms with van der Waals surface area (Å²) in [7, 11) is 0. The summed E-state index contributed by atoms with van der Waals surface area (Å²) in [5.41, 5.74) is 2.65. The van der Waals surface area contributed by atoms with Gasteiger partial charge in [0.05, 0.1) is 18.8 Å². The van der Waals surface area contributed by atoms with Crippen molar-refractivity contribution in [3.05, 3.63) is 53.3 Å². The molecule has 1 aromatic carbocycles. The normalized spacial score (nSPS) is 16.6. The molecule has 3 heterocycles. The lowest BCUT2D eigenvalue weighted by atomic mass is 10.1. The van der Waals surface area contributed by atoms with Gasteiger partial charge in [-0.3, -0.25) is 14.3 Å². The van der Waals surface area contributed by atoms with Crippen molar-refractivity contribution in [1.82, 2.24) is 19.6 Å². The Morgan fingerprint density at radius 2 is 1.73 bits per heavy atom. The van der Waals surface area contributed by atoms with E-state index in [4.69, 9.17) is 0 Å². The van der Waals surface area contributed by atoms with Gasteiger partial charge < -0.3 is 9.80 Å². The molecule has 0 N–H and O–H groups in total. The zero-order valence-electron chi connectivity index (χ0n) is 14.9. The molecule has 26 heavy (non-hydrogen) atoms.